The van der Waals surface area contributed by atoms with Crippen molar-refractivity contribution in [2.24, 2.45) is 0 Å². The van der Waals surface area contributed by atoms with Crippen molar-refractivity contribution in [1.29, 1.82) is 0 Å². The largest absolute Gasteiger partial charge is 0.507 e. The van der Waals surface area contributed by atoms with Gasteiger partial charge in [0.05, 0.1) is 34.5 Å². The van der Waals surface area contributed by atoms with E-state index in [2.05, 4.69) is 5.32 Å². The molecule has 0 spiro atoms. The van der Waals surface area contributed by atoms with Gasteiger partial charge in [-0.1, -0.05) is 24.3 Å². The highest BCUT2D eigenvalue weighted by Gasteiger charge is 2.32. The van der Waals surface area contributed by atoms with Gasteiger partial charge in [-0.25, -0.2) is 4.79 Å². The molecule has 0 saturated heterocycles. The van der Waals surface area contributed by atoms with E-state index in [0.29, 0.717) is 67.1 Å². The predicted molar refractivity (Wildman–Crippen MR) is 184 cm³/mol. The maximum atomic E-state index is 13.7. The minimum atomic E-state index is -0.983. The summed E-state index contributed by atoms with van der Waals surface area (Å²) in [5, 5.41) is 26.3. The van der Waals surface area contributed by atoms with Gasteiger partial charge in [0.15, 0.2) is 11.5 Å². The lowest BCUT2D eigenvalue weighted by molar-refractivity contribution is -0.121. The van der Waals surface area contributed by atoms with Gasteiger partial charge in [0, 0.05) is 37.3 Å². The number of ether oxygens (including phenoxy) is 5. The van der Waals surface area contributed by atoms with Crippen LogP contribution in [0.25, 0.3) is 6.08 Å². The second kappa shape index (κ2) is 17.3. The molecule has 0 saturated carbocycles. The zero-order chi connectivity index (χ0) is 35.5. The molecule has 1 heterocycles. The number of ketones is 1. The summed E-state index contributed by atoms with van der Waals surface area (Å²) in [6.07, 6.45) is 5.72. The SMILES string of the molecule is COc1ccc(CNC(=O)CC(c2cc(OC)c(OC)c(OC)c2)c2c(O)cc3c(c2O)C(=O)O[C@@H](C)CCCC(=O)CCCC=C3)cc1. The number of esters is 1. The molecule has 0 bridgehead atoms. The number of amides is 1. The van der Waals surface area contributed by atoms with E-state index < -0.39 is 23.7 Å². The van der Waals surface area contributed by atoms with Crippen molar-refractivity contribution >= 4 is 23.7 Å². The van der Waals surface area contributed by atoms with E-state index in [0.717, 1.165) is 5.56 Å². The topological polar surface area (TPSA) is 150 Å². The highest BCUT2D eigenvalue weighted by atomic mass is 16.5. The van der Waals surface area contributed by atoms with Crippen LogP contribution < -0.4 is 24.3 Å². The summed E-state index contributed by atoms with van der Waals surface area (Å²) in [5.41, 5.74) is 1.34. The molecule has 0 aliphatic carbocycles. The number of aromatic hydroxyl groups is 2. The van der Waals surface area contributed by atoms with Crippen molar-refractivity contribution in [3.63, 3.8) is 0 Å². The van der Waals surface area contributed by atoms with E-state index in [-0.39, 0.29) is 47.1 Å². The molecule has 1 unspecified atom stereocenters. The molecule has 1 aliphatic rings. The first kappa shape index (κ1) is 36.6. The molecule has 1 aliphatic heterocycles. The summed E-state index contributed by atoms with van der Waals surface area (Å²) < 4.78 is 27.6. The smallest absolute Gasteiger partial charge is 0.342 e. The Kier molecular flexibility index (Phi) is 12.9. The molecule has 3 aromatic rings. The van der Waals surface area contributed by atoms with Crippen LogP contribution in [0.5, 0.6) is 34.5 Å². The van der Waals surface area contributed by atoms with Crippen LogP contribution >= 0.6 is 0 Å². The summed E-state index contributed by atoms with van der Waals surface area (Å²) >= 11 is 0. The molecule has 4 rings (SSSR count). The molecular formula is C38H45NO10. The predicted octanol–water partition coefficient (Wildman–Crippen LogP) is 6.45. The van der Waals surface area contributed by atoms with E-state index in [1.807, 2.05) is 12.1 Å². The number of fused-ring (bicyclic) bond motifs is 1. The Morgan fingerprint density at radius 1 is 0.939 bits per heavy atom. The number of carbonyl (C=O) groups is 3. The van der Waals surface area contributed by atoms with Crippen LogP contribution in [0.4, 0.5) is 0 Å². The van der Waals surface area contributed by atoms with Gasteiger partial charge in [-0.3, -0.25) is 9.59 Å². The van der Waals surface area contributed by atoms with Crippen molar-refractivity contribution < 1.29 is 48.3 Å². The lowest BCUT2D eigenvalue weighted by atomic mass is 9.84. The lowest BCUT2D eigenvalue weighted by Gasteiger charge is -2.24. The lowest BCUT2D eigenvalue weighted by Crippen LogP contribution is -2.25. The number of cyclic esters (lactones) is 1. The average Bonchev–Trinajstić information content (AvgIpc) is 3.09. The number of benzene rings is 3. The highest BCUT2D eigenvalue weighted by Crippen LogP contribution is 2.47. The fourth-order valence-corrected chi connectivity index (χ4v) is 5.91. The number of allylic oxidation sites excluding steroid dienone is 1. The zero-order valence-electron chi connectivity index (χ0n) is 28.7. The van der Waals surface area contributed by atoms with E-state index in [4.69, 9.17) is 23.7 Å². The van der Waals surface area contributed by atoms with E-state index in [1.54, 1.807) is 50.5 Å². The molecule has 1 amide bonds. The first-order valence-electron chi connectivity index (χ1n) is 16.3. The second-order valence-corrected chi connectivity index (χ2v) is 11.9. The standard InChI is InChI=1S/C38H45NO10/c1-23-10-9-13-27(40)12-8-6-7-11-25-18-30(41)35(36(43)34(25)38(44)49-23)29(26-19-31(46-3)37(48-5)32(20-26)47-4)21-33(42)39-22-24-14-16-28(45-2)17-15-24/h7,11,14-20,23,29,41,43H,6,8-10,12-13,21-22H2,1-5H3,(H,39,42)/t23-,29?/m0/s1. The Hall–Kier alpha value is -5.19. The Balaban J connectivity index is 1.82. The van der Waals surface area contributed by atoms with Gasteiger partial charge in [-0.2, -0.15) is 0 Å². The molecule has 3 aromatic carbocycles. The van der Waals surface area contributed by atoms with Gasteiger partial charge < -0.3 is 39.2 Å². The van der Waals surface area contributed by atoms with Crippen LogP contribution in [0.1, 0.15) is 90.4 Å². The summed E-state index contributed by atoms with van der Waals surface area (Å²) in [6, 6.07) is 11.9. The number of Topliss-reactive ketones (excluding diaryl/α,β-unsaturated/α-hetero) is 1. The normalized spacial score (nSPS) is 16.1. The molecule has 0 fully saturated rings. The Morgan fingerprint density at radius 2 is 1.61 bits per heavy atom. The number of hydrogen-bond donors (Lipinski definition) is 3. The Labute approximate surface area is 286 Å². The van der Waals surface area contributed by atoms with Crippen molar-refractivity contribution in [3.8, 4) is 34.5 Å². The second-order valence-electron chi connectivity index (χ2n) is 11.9. The van der Waals surface area contributed by atoms with Gasteiger partial charge in [0.1, 0.15) is 28.6 Å². The monoisotopic (exact) mass is 675 g/mol. The molecule has 2 atom stereocenters. The summed E-state index contributed by atoms with van der Waals surface area (Å²) in [6.45, 7) is 1.95. The van der Waals surface area contributed by atoms with Crippen LogP contribution in [-0.2, 0) is 20.9 Å². The molecular weight excluding hydrogens is 630 g/mol. The number of methoxy groups -OCH3 is 4. The maximum absolute atomic E-state index is 13.7. The first-order chi connectivity index (χ1) is 23.6. The van der Waals surface area contributed by atoms with E-state index in [9.17, 15) is 24.6 Å². The quantitative estimate of drug-likeness (QED) is 0.205. The third-order valence-corrected chi connectivity index (χ3v) is 8.53. The number of nitrogens with one attached hydrogen (secondary N) is 1. The average molecular weight is 676 g/mol. The fourth-order valence-electron chi connectivity index (χ4n) is 5.91. The number of carbonyl (C=O) groups excluding carboxylic acids is 3. The van der Waals surface area contributed by atoms with Crippen LogP contribution in [0.15, 0.2) is 48.5 Å². The van der Waals surface area contributed by atoms with Crippen LogP contribution in [0, 0.1) is 0 Å². The highest BCUT2D eigenvalue weighted by molar-refractivity contribution is 5.98. The van der Waals surface area contributed by atoms with Gasteiger partial charge in [-0.05, 0) is 79.6 Å². The molecule has 0 aromatic heterocycles. The fraction of sp³-hybridized carbons (Fsp3) is 0.395. The van der Waals surface area contributed by atoms with Crippen molar-refractivity contribution in [2.75, 3.05) is 28.4 Å². The van der Waals surface area contributed by atoms with Gasteiger partial charge >= 0.3 is 5.97 Å². The third-order valence-electron chi connectivity index (χ3n) is 8.53. The molecule has 11 nitrogen and oxygen atoms in total. The Bertz CT molecular complexity index is 1640. The third kappa shape index (κ3) is 9.25. The zero-order valence-corrected chi connectivity index (χ0v) is 28.7. The van der Waals surface area contributed by atoms with Crippen LogP contribution in [0.3, 0.4) is 0 Å². The molecule has 3 N–H and O–H groups in total. The number of phenolic OH excluding ortho intramolecular Hbond substituents is 2. The van der Waals surface area contributed by atoms with Gasteiger partial charge in [-0.15, -0.1) is 0 Å². The van der Waals surface area contributed by atoms with Crippen LogP contribution in [0.2, 0.25) is 0 Å². The summed E-state index contributed by atoms with van der Waals surface area (Å²) in [5.74, 6) is -1.25. The minimum Gasteiger partial charge on any atom is -0.507 e. The molecule has 0 radical (unpaired) electrons. The van der Waals surface area contributed by atoms with Crippen molar-refractivity contribution in [2.45, 2.75) is 70.4 Å². The number of phenols is 2. The maximum Gasteiger partial charge on any atom is 0.342 e. The number of rotatable bonds is 10. The number of hydrogen-bond acceptors (Lipinski definition) is 10. The van der Waals surface area contributed by atoms with E-state index >= 15 is 0 Å². The molecule has 49 heavy (non-hydrogen) atoms. The Morgan fingerprint density at radius 3 is 2.24 bits per heavy atom. The first-order valence-corrected chi connectivity index (χ1v) is 16.3. The van der Waals surface area contributed by atoms with E-state index in [1.165, 1.54) is 27.4 Å². The molecule has 11 heteroatoms. The van der Waals surface area contributed by atoms with Crippen molar-refractivity contribution in [3.05, 3.63) is 76.4 Å². The van der Waals surface area contributed by atoms with Crippen molar-refractivity contribution in [1.82, 2.24) is 5.32 Å². The summed E-state index contributed by atoms with van der Waals surface area (Å²) in [4.78, 5) is 39.5. The van der Waals surface area contributed by atoms with Crippen LogP contribution in [-0.4, -0.2) is 62.4 Å². The summed E-state index contributed by atoms with van der Waals surface area (Å²) in [7, 11) is 5.95. The van der Waals surface area contributed by atoms with Gasteiger partial charge in [0.25, 0.3) is 0 Å². The minimum absolute atomic E-state index is 0.0441. The molecule has 262 valence electrons. The van der Waals surface area contributed by atoms with Gasteiger partial charge in [0.2, 0.25) is 11.7 Å².